The summed E-state index contributed by atoms with van der Waals surface area (Å²) < 4.78 is 5.54. The summed E-state index contributed by atoms with van der Waals surface area (Å²) in [6.07, 6.45) is 0.720. The zero-order valence-electron chi connectivity index (χ0n) is 22.2. The topological polar surface area (TPSA) is 49.9 Å². The third kappa shape index (κ3) is 7.63. The van der Waals surface area contributed by atoms with E-state index >= 15 is 0 Å². The van der Waals surface area contributed by atoms with Gasteiger partial charge in [0.1, 0.15) is 5.60 Å². The first-order chi connectivity index (χ1) is 16.8. The number of hydrogen-bond acceptors (Lipinski definition) is 4. The van der Waals surface area contributed by atoms with Gasteiger partial charge in [-0.15, -0.1) is 0 Å². The summed E-state index contributed by atoms with van der Waals surface area (Å²) >= 11 is 12.8. The zero-order valence-corrected chi connectivity index (χ0v) is 23.7. The van der Waals surface area contributed by atoms with E-state index in [9.17, 15) is 9.59 Å². The highest BCUT2D eigenvalue weighted by atomic mass is 35.5. The highest BCUT2D eigenvalue weighted by Gasteiger charge is 2.36. The molecule has 0 N–H and O–H groups in total. The molecule has 0 radical (unpaired) electrons. The van der Waals surface area contributed by atoms with Crippen molar-refractivity contribution >= 4 is 40.8 Å². The van der Waals surface area contributed by atoms with E-state index in [1.165, 1.54) is 0 Å². The average Bonchev–Trinajstić information content (AvgIpc) is 2.77. The monoisotopic (exact) mass is 532 g/mol. The van der Waals surface area contributed by atoms with Gasteiger partial charge in [0, 0.05) is 30.6 Å². The van der Waals surface area contributed by atoms with Gasteiger partial charge in [0.25, 0.3) is 0 Å². The Balaban J connectivity index is 1.88. The van der Waals surface area contributed by atoms with Crippen molar-refractivity contribution in [2.24, 2.45) is 11.8 Å². The van der Waals surface area contributed by atoms with Crippen LogP contribution in [0.5, 0.6) is 0 Å². The van der Waals surface area contributed by atoms with E-state index in [0.717, 1.165) is 16.8 Å². The molecule has 2 aromatic rings. The fourth-order valence-electron chi connectivity index (χ4n) is 4.77. The van der Waals surface area contributed by atoms with E-state index in [4.69, 9.17) is 27.9 Å². The van der Waals surface area contributed by atoms with Crippen molar-refractivity contribution in [3.05, 3.63) is 63.6 Å². The Kier molecular flexibility index (Phi) is 9.34. The first-order valence-electron chi connectivity index (χ1n) is 12.6. The molecule has 2 atom stereocenters. The van der Waals surface area contributed by atoms with E-state index in [-0.39, 0.29) is 30.3 Å². The molecule has 1 aliphatic rings. The molecule has 1 saturated heterocycles. The van der Waals surface area contributed by atoms with Gasteiger partial charge in [-0.2, -0.15) is 0 Å². The molecule has 196 valence electrons. The van der Waals surface area contributed by atoms with E-state index in [1.54, 1.807) is 0 Å². The third-order valence-electron chi connectivity index (χ3n) is 6.30. The summed E-state index contributed by atoms with van der Waals surface area (Å²) in [4.78, 5) is 30.6. The van der Waals surface area contributed by atoms with Crippen LogP contribution in [0, 0.1) is 18.8 Å². The second kappa shape index (κ2) is 11.9. The van der Waals surface area contributed by atoms with Crippen LogP contribution in [0.2, 0.25) is 10.0 Å². The number of ether oxygens (including phenoxy) is 1. The molecular weight excluding hydrogens is 495 g/mol. The van der Waals surface area contributed by atoms with E-state index in [0.29, 0.717) is 36.1 Å². The van der Waals surface area contributed by atoms with Crippen molar-refractivity contribution < 1.29 is 14.3 Å². The van der Waals surface area contributed by atoms with E-state index in [1.807, 2.05) is 69.0 Å². The lowest BCUT2D eigenvalue weighted by Crippen LogP contribution is -2.52. The molecule has 1 heterocycles. The maximum Gasteiger partial charge on any atom is 0.307 e. The molecule has 1 fully saturated rings. The van der Waals surface area contributed by atoms with Gasteiger partial charge in [-0.25, -0.2) is 0 Å². The minimum atomic E-state index is -0.582. The molecule has 0 unspecified atom stereocenters. The summed E-state index contributed by atoms with van der Waals surface area (Å²) in [5, 5.41) is 1.35. The van der Waals surface area contributed by atoms with Crippen LogP contribution in [0.3, 0.4) is 0 Å². The van der Waals surface area contributed by atoms with E-state index < -0.39 is 11.5 Å². The number of hydrogen-bond donors (Lipinski definition) is 0. The van der Waals surface area contributed by atoms with Crippen LogP contribution in [-0.2, 0) is 14.3 Å². The first-order valence-corrected chi connectivity index (χ1v) is 13.4. The lowest BCUT2D eigenvalue weighted by Gasteiger charge is -2.44. The van der Waals surface area contributed by atoms with Crippen LogP contribution in [-0.4, -0.2) is 42.0 Å². The summed E-state index contributed by atoms with van der Waals surface area (Å²) in [5.74, 6) is -0.467. The Morgan fingerprint density at radius 1 is 1.06 bits per heavy atom. The number of benzene rings is 2. The van der Waals surface area contributed by atoms with Crippen molar-refractivity contribution in [3.8, 4) is 0 Å². The average molecular weight is 534 g/mol. The molecule has 7 heteroatoms. The first kappa shape index (κ1) is 28.3. The number of carbonyl (C=O) groups excluding carboxylic acids is 2. The lowest BCUT2D eigenvalue weighted by molar-refractivity contribution is -0.158. The van der Waals surface area contributed by atoms with Gasteiger partial charge in [-0.3, -0.25) is 9.59 Å². The molecule has 0 spiro atoms. The van der Waals surface area contributed by atoms with Crippen LogP contribution in [0.1, 0.15) is 64.6 Å². The molecule has 1 aliphatic heterocycles. The lowest BCUT2D eigenvalue weighted by atomic mass is 9.91. The Hall–Kier alpha value is -2.24. The maximum absolute atomic E-state index is 13.8. The SMILES string of the molecule is Cc1ccc(N2CCN(C(=O)[C@H](CC(=O)OC(C)(C)C)CC(C)C)C[C@H]2c2ccc(Cl)cc2)c(Cl)c1. The van der Waals surface area contributed by atoms with Crippen LogP contribution >= 0.6 is 23.2 Å². The number of piperazine rings is 1. The van der Waals surface area contributed by atoms with Crippen molar-refractivity contribution in [2.45, 2.75) is 66.0 Å². The smallest absolute Gasteiger partial charge is 0.307 e. The van der Waals surface area contributed by atoms with Crippen molar-refractivity contribution in [1.29, 1.82) is 0 Å². The third-order valence-corrected chi connectivity index (χ3v) is 6.85. The van der Waals surface area contributed by atoms with Gasteiger partial charge < -0.3 is 14.5 Å². The molecule has 3 rings (SSSR count). The van der Waals surface area contributed by atoms with Crippen molar-refractivity contribution in [1.82, 2.24) is 4.90 Å². The number of carbonyl (C=O) groups is 2. The van der Waals surface area contributed by atoms with Crippen molar-refractivity contribution in [3.63, 3.8) is 0 Å². The molecule has 5 nitrogen and oxygen atoms in total. The largest absolute Gasteiger partial charge is 0.460 e. The van der Waals surface area contributed by atoms with Gasteiger partial charge in [0.2, 0.25) is 5.91 Å². The molecule has 2 aromatic carbocycles. The minimum Gasteiger partial charge on any atom is -0.460 e. The van der Waals surface area contributed by atoms with Gasteiger partial charge in [0.05, 0.1) is 23.2 Å². The summed E-state index contributed by atoms with van der Waals surface area (Å²) in [5.41, 5.74) is 2.52. The number of halogens is 2. The van der Waals surface area contributed by atoms with Crippen molar-refractivity contribution in [2.75, 3.05) is 24.5 Å². The van der Waals surface area contributed by atoms with Gasteiger partial charge in [-0.05, 0) is 75.4 Å². The van der Waals surface area contributed by atoms with Crippen LogP contribution in [0.25, 0.3) is 0 Å². The normalized spacial score (nSPS) is 17.3. The molecule has 1 amide bonds. The Labute approximate surface area is 225 Å². The van der Waals surface area contributed by atoms with Gasteiger partial charge >= 0.3 is 5.97 Å². The van der Waals surface area contributed by atoms with Crippen LogP contribution in [0.4, 0.5) is 5.69 Å². The van der Waals surface area contributed by atoms with Gasteiger partial charge in [0.15, 0.2) is 0 Å². The molecular formula is C29H38Cl2N2O3. The molecule has 0 bridgehead atoms. The number of rotatable bonds is 7. The Morgan fingerprint density at radius 3 is 2.31 bits per heavy atom. The van der Waals surface area contributed by atoms with Gasteiger partial charge in [-0.1, -0.05) is 55.2 Å². The highest BCUT2D eigenvalue weighted by molar-refractivity contribution is 6.33. The maximum atomic E-state index is 13.8. The number of esters is 1. The summed E-state index contributed by atoms with van der Waals surface area (Å²) in [6.45, 7) is 13.4. The Morgan fingerprint density at radius 2 is 1.72 bits per heavy atom. The number of aryl methyl sites for hydroxylation is 1. The standard InChI is InChI=1S/C29H38Cl2N2O3/c1-19(2)15-22(17-27(34)36-29(4,5)6)28(35)32-13-14-33(25-12-7-20(3)16-24(25)31)26(18-32)21-8-10-23(30)11-9-21/h7-12,16,19,22,26H,13-15,17-18H2,1-6H3/t22-,26-/m0/s1. The summed E-state index contributed by atoms with van der Waals surface area (Å²) in [7, 11) is 0. The fourth-order valence-corrected chi connectivity index (χ4v) is 5.24. The molecule has 0 aromatic heterocycles. The van der Waals surface area contributed by atoms with Crippen LogP contribution in [0.15, 0.2) is 42.5 Å². The quantitative estimate of drug-likeness (QED) is 0.357. The summed E-state index contributed by atoms with van der Waals surface area (Å²) in [6, 6.07) is 13.7. The highest BCUT2D eigenvalue weighted by Crippen LogP contribution is 2.37. The predicted molar refractivity (Wildman–Crippen MR) is 148 cm³/mol. The predicted octanol–water partition coefficient (Wildman–Crippen LogP) is 7.09. The zero-order chi connectivity index (χ0) is 26.6. The minimum absolute atomic E-state index is 0.00294. The number of nitrogens with zero attached hydrogens (tertiary/aromatic N) is 2. The number of anilines is 1. The second-order valence-corrected chi connectivity index (χ2v) is 12.0. The second-order valence-electron chi connectivity index (χ2n) is 11.1. The van der Waals surface area contributed by atoms with E-state index in [2.05, 4.69) is 24.8 Å². The Bertz CT molecular complexity index is 1060. The number of amides is 1. The molecule has 0 aliphatic carbocycles. The molecule has 0 saturated carbocycles. The fraction of sp³-hybridized carbons (Fsp3) is 0.517. The molecule has 36 heavy (non-hydrogen) atoms. The van der Waals surface area contributed by atoms with Crippen LogP contribution < -0.4 is 4.90 Å².